The van der Waals surface area contributed by atoms with Crippen molar-refractivity contribution in [2.24, 2.45) is 5.92 Å². The minimum absolute atomic E-state index is 0.0595. The van der Waals surface area contributed by atoms with E-state index in [0.717, 1.165) is 35.1 Å². The Labute approximate surface area is 187 Å². The van der Waals surface area contributed by atoms with Crippen molar-refractivity contribution in [1.82, 2.24) is 10.3 Å². The molecule has 1 amide bonds. The number of amides is 1. The van der Waals surface area contributed by atoms with Crippen LogP contribution in [0.1, 0.15) is 45.2 Å². The van der Waals surface area contributed by atoms with E-state index in [0.29, 0.717) is 24.7 Å². The highest BCUT2D eigenvalue weighted by Gasteiger charge is 2.43. The van der Waals surface area contributed by atoms with E-state index in [-0.39, 0.29) is 17.6 Å². The van der Waals surface area contributed by atoms with Gasteiger partial charge in [-0.25, -0.2) is 0 Å². The van der Waals surface area contributed by atoms with Crippen molar-refractivity contribution in [1.29, 1.82) is 0 Å². The number of rotatable bonds is 8. The van der Waals surface area contributed by atoms with E-state index >= 15 is 0 Å². The number of carbonyl (C=O) groups excluding carboxylic acids is 1. The second-order valence-electron chi connectivity index (χ2n) is 9.28. The number of fused-ring (bicyclic) bond motifs is 1. The standard InChI is InChI=1S/C25H29N3O4/c1-16(26-17(2)29)19-9-10-22-23(11-19)31-24(27-22)28-14-25(3,15-28)32-21-6-4-5-20(12-21)30-13-18-7-8-18/h4-6,9-12,16,18H,7-8,13-15H2,1-3H3,(H,26,29). The number of nitrogens with one attached hydrogen (secondary N) is 1. The third kappa shape index (κ3) is 4.52. The molecule has 1 saturated heterocycles. The van der Waals surface area contributed by atoms with Crippen LogP contribution in [0.2, 0.25) is 0 Å². The Morgan fingerprint density at radius 3 is 2.78 bits per heavy atom. The van der Waals surface area contributed by atoms with Crippen LogP contribution in [0.3, 0.4) is 0 Å². The quantitative estimate of drug-likeness (QED) is 0.563. The molecule has 168 valence electrons. The highest BCUT2D eigenvalue weighted by molar-refractivity contribution is 5.77. The van der Waals surface area contributed by atoms with Gasteiger partial charge in [0.05, 0.1) is 25.7 Å². The molecule has 1 aliphatic carbocycles. The summed E-state index contributed by atoms with van der Waals surface area (Å²) in [5, 5.41) is 2.89. The molecule has 0 spiro atoms. The summed E-state index contributed by atoms with van der Waals surface area (Å²) in [5.74, 6) is 2.33. The summed E-state index contributed by atoms with van der Waals surface area (Å²) < 4.78 is 18.2. The van der Waals surface area contributed by atoms with Gasteiger partial charge in [-0.05, 0) is 62.4 Å². The normalized spacial score (nSPS) is 18.2. The minimum Gasteiger partial charge on any atom is -0.493 e. The smallest absolute Gasteiger partial charge is 0.298 e. The first-order valence-electron chi connectivity index (χ1n) is 11.2. The van der Waals surface area contributed by atoms with Crippen LogP contribution >= 0.6 is 0 Å². The lowest BCUT2D eigenvalue weighted by atomic mass is 9.97. The zero-order chi connectivity index (χ0) is 22.3. The molecule has 1 unspecified atom stereocenters. The Morgan fingerprint density at radius 2 is 2.03 bits per heavy atom. The van der Waals surface area contributed by atoms with Crippen molar-refractivity contribution in [3.63, 3.8) is 0 Å². The van der Waals surface area contributed by atoms with Crippen LogP contribution in [0.15, 0.2) is 46.9 Å². The number of hydrogen-bond acceptors (Lipinski definition) is 6. The predicted octanol–water partition coefficient (Wildman–Crippen LogP) is 4.47. The second kappa shape index (κ2) is 8.04. The summed E-state index contributed by atoms with van der Waals surface area (Å²) in [4.78, 5) is 18.0. The number of carbonyl (C=O) groups is 1. The van der Waals surface area contributed by atoms with Crippen LogP contribution in [0.25, 0.3) is 11.1 Å². The number of benzene rings is 2. The van der Waals surface area contributed by atoms with Gasteiger partial charge in [0, 0.05) is 13.0 Å². The Hall–Kier alpha value is -3.22. The van der Waals surface area contributed by atoms with Gasteiger partial charge in [0.25, 0.3) is 6.01 Å². The first kappa shape index (κ1) is 20.7. The van der Waals surface area contributed by atoms with Crippen molar-refractivity contribution in [2.75, 3.05) is 24.6 Å². The van der Waals surface area contributed by atoms with Gasteiger partial charge in [-0.15, -0.1) is 0 Å². The predicted molar refractivity (Wildman–Crippen MR) is 122 cm³/mol. The monoisotopic (exact) mass is 435 g/mol. The number of hydrogen-bond donors (Lipinski definition) is 1. The molecule has 3 aromatic rings. The SMILES string of the molecule is CC(=O)NC(C)c1ccc2nc(N3CC(C)(Oc4cccc(OCC5CC5)c4)C3)oc2c1. The number of nitrogens with zero attached hydrogens (tertiary/aromatic N) is 2. The molecule has 7 nitrogen and oxygen atoms in total. The van der Waals surface area contributed by atoms with E-state index < -0.39 is 0 Å². The van der Waals surface area contributed by atoms with Crippen LogP contribution in [-0.4, -0.2) is 36.2 Å². The van der Waals surface area contributed by atoms with E-state index in [2.05, 4.69) is 22.1 Å². The lowest BCUT2D eigenvalue weighted by Crippen LogP contribution is -2.63. The Morgan fingerprint density at radius 1 is 1.25 bits per heavy atom. The molecule has 7 heteroatoms. The van der Waals surface area contributed by atoms with Crippen LogP contribution in [0, 0.1) is 5.92 Å². The summed E-state index contributed by atoms with van der Waals surface area (Å²) in [5.41, 5.74) is 2.18. The van der Waals surface area contributed by atoms with Gasteiger partial charge in [0.2, 0.25) is 5.91 Å². The molecule has 2 fully saturated rings. The molecule has 0 radical (unpaired) electrons. The summed E-state index contributed by atoms with van der Waals surface area (Å²) in [6, 6.07) is 14.2. The molecule has 1 saturated carbocycles. The van der Waals surface area contributed by atoms with Gasteiger partial charge in [-0.2, -0.15) is 4.98 Å². The van der Waals surface area contributed by atoms with Crippen molar-refractivity contribution in [3.05, 3.63) is 48.0 Å². The van der Waals surface area contributed by atoms with Gasteiger partial charge >= 0.3 is 0 Å². The number of anilines is 1. The molecule has 2 heterocycles. The van der Waals surface area contributed by atoms with E-state index in [1.54, 1.807) is 0 Å². The molecule has 1 aliphatic heterocycles. The van der Waals surface area contributed by atoms with E-state index in [9.17, 15) is 4.79 Å². The van der Waals surface area contributed by atoms with Crippen molar-refractivity contribution < 1.29 is 18.7 Å². The molecular weight excluding hydrogens is 406 g/mol. The maximum Gasteiger partial charge on any atom is 0.298 e. The van der Waals surface area contributed by atoms with Gasteiger partial charge < -0.3 is 24.1 Å². The average Bonchev–Trinajstić information content (AvgIpc) is 3.46. The lowest BCUT2D eigenvalue weighted by molar-refractivity contribution is -0.119. The molecule has 2 aliphatic rings. The van der Waals surface area contributed by atoms with Crippen LogP contribution in [-0.2, 0) is 4.79 Å². The first-order valence-corrected chi connectivity index (χ1v) is 11.2. The van der Waals surface area contributed by atoms with Gasteiger partial charge in [0.1, 0.15) is 22.6 Å². The van der Waals surface area contributed by atoms with Crippen molar-refractivity contribution >= 4 is 23.0 Å². The third-order valence-corrected chi connectivity index (χ3v) is 5.99. The number of oxazole rings is 1. The first-order chi connectivity index (χ1) is 15.4. The second-order valence-corrected chi connectivity index (χ2v) is 9.28. The maximum atomic E-state index is 11.3. The Kier molecular flexibility index (Phi) is 5.19. The van der Waals surface area contributed by atoms with E-state index in [1.165, 1.54) is 19.8 Å². The maximum absolute atomic E-state index is 11.3. The fourth-order valence-electron chi connectivity index (χ4n) is 4.09. The van der Waals surface area contributed by atoms with Crippen molar-refractivity contribution in [3.8, 4) is 11.5 Å². The Balaban J connectivity index is 1.22. The largest absolute Gasteiger partial charge is 0.493 e. The average molecular weight is 436 g/mol. The third-order valence-electron chi connectivity index (χ3n) is 5.99. The molecule has 2 aromatic carbocycles. The fraction of sp³-hybridized carbons (Fsp3) is 0.440. The number of ether oxygens (including phenoxy) is 2. The van der Waals surface area contributed by atoms with Crippen LogP contribution in [0.4, 0.5) is 6.01 Å². The van der Waals surface area contributed by atoms with Gasteiger partial charge in [-0.1, -0.05) is 12.1 Å². The summed E-state index contributed by atoms with van der Waals surface area (Å²) in [7, 11) is 0. The molecule has 1 atom stereocenters. The lowest BCUT2D eigenvalue weighted by Gasteiger charge is -2.46. The highest BCUT2D eigenvalue weighted by atomic mass is 16.5. The number of aromatic nitrogens is 1. The topological polar surface area (TPSA) is 76.8 Å². The summed E-state index contributed by atoms with van der Waals surface area (Å²) >= 11 is 0. The minimum atomic E-state index is -0.319. The Bertz CT molecular complexity index is 1130. The molecule has 0 bridgehead atoms. The van der Waals surface area contributed by atoms with Gasteiger partial charge in [0.15, 0.2) is 5.58 Å². The van der Waals surface area contributed by atoms with Crippen LogP contribution in [0.5, 0.6) is 11.5 Å². The molecule has 1 N–H and O–H groups in total. The molecule has 5 rings (SSSR count). The van der Waals surface area contributed by atoms with E-state index in [4.69, 9.17) is 13.9 Å². The zero-order valence-corrected chi connectivity index (χ0v) is 18.8. The van der Waals surface area contributed by atoms with Gasteiger partial charge in [-0.3, -0.25) is 4.79 Å². The van der Waals surface area contributed by atoms with E-state index in [1.807, 2.05) is 49.4 Å². The molecular formula is C25H29N3O4. The highest BCUT2D eigenvalue weighted by Crippen LogP contribution is 2.35. The van der Waals surface area contributed by atoms with Crippen molar-refractivity contribution in [2.45, 2.75) is 45.3 Å². The summed E-state index contributed by atoms with van der Waals surface area (Å²) in [6.45, 7) is 7.71. The zero-order valence-electron chi connectivity index (χ0n) is 18.8. The van der Waals surface area contributed by atoms with Crippen LogP contribution < -0.4 is 19.7 Å². The molecule has 1 aromatic heterocycles. The fourth-order valence-corrected chi connectivity index (χ4v) is 4.09. The molecule has 32 heavy (non-hydrogen) atoms. The summed E-state index contributed by atoms with van der Waals surface area (Å²) in [6.07, 6.45) is 2.55.